The van der Waals surface area contributed by atoms with E-state index < -0.39 is 16.9 Å². The van der Waals surface area contributed by atoms with Crippen molar-refractivity contribution in [3.8, 4) is 5.88 Å². The monoisotopic (exact) mass is 575 g/mol. The Labute approximate surface area is 236 Å². The van der Waals surface area contributed by atoms with Crippen LogP contribution in [0.2, 0.25) is 28.2 Å². The van der Waals surface area contributed by atoms with E-state index in [1.807, 2.05) is 0 Å². The fraction of sp³-hybridized carbons (Fsp3) is 0.793. The van der Waals surface area contributed by atoms with Gasteiger partial charge in [0, 0.05) is 16.3 Å². The van der Waals surface area contributed by atoms with E-state index in [0.717, 1.165) is 30.3 Å². The van der Waals surface area contributed by atoms with E-state index in [1.54, 1.807) is 6.33 Å². The Balaban J connectivity index is 1.63. The molecule has 2 saturated heterocycles. The second kappa shape index (κ2) is 9.62. The molecule has 2 fully saturated rings. The van der Waals surface area contributed by atoms with Gasteiger partial charge in [-0.25, -0.2) is 9.97 Å². The van der Waals surface area contributed by atoms with Crippen molar-refractivity contribution in [1.29, 1.82) is 0 Å². The Morgan fingerprint density at radius 1 is 1.00 bits per heavy atom. The molecule has 0 aromatic carbocycles. The number of nitrogens with zero attached hydrogens (tertiary/aromatic N) is 3. The summed E-state index contributed by atoms with van der Waals surface area (Å²) in [4.78, 5) is 9.23. The highest BCUT2D eigenvalue weighted by atomic mass is 28.4. The first kappa shape index (κ1) is 29.2. The predicted octanol–water partition coefficient (Wildman–Crippen LogP) is 6.89. The molecule has 218 valence electrons. The number of fused-ring (bicyclic) bond motifs is 1. The van der Waals surface area contributed by atoms with E-state index in [0.29, 0.717) is 19.1 Å². The SMILES string of the molecule is CC(C)(C)[Si](C)(C)O[C@@H]1[C@@H]2O[Si](C(C)(C)C)(C(C)(C)C)OC[C@H]2O[C@H]1n1cc2c3c(ncnc31)OCCCC2. The first-order valence-corrected chi connectivity index (χ1v) is 19.3. The first-order chi connectivity index (χ1) is 18.0. The third kappa shape index (κ3) is 4.82. The zero-order valence-electron chi connectivity index (χ0n) is 25.9. The summed E-state index contributed by atoms with van der Waals surface area (Å²) >= 11 is 0. The van der Waals surface area contributed by atoms with Gasteiger partial charge in [-0.05, 0) is 43.0 Å². The van der Waals surface area contributed by atoms with Crippen LogP contribution in [-0.2, 0) is 24.4 Å². The normalized spacial score (nSPS) is 28.1. The molecule has 5 heterocycles. The smallest absolute Gasteiger partial charge is 0.349 e. The van der Waals surface area contributed by atoms with Gasteiger partial charge in [-0.2, -0.15) is 0 Å². The third-order valence-corrected chi connectivity index (χ3v) is 18.9. The molecule has 39 heavy (non-hydrogen) atoms. The molecule has 4 atom stereocenters. The summed E-state index contributed by atoms with van der Waals surface area (Å²) in [6, 6.07) is 0. The number of hydrogen-bond acceptors (Lipinski definition) is 7. The van der Waals surface area contributed by atoms with Crippen LogP contribution in [0, 0.1) is 0 Å². The first-order valence-electron chi connectivity index (χ1n) is 14.6. The standard InChI is InChI=1S/C29H49N3O5Si2/c1-27(2,3)38(10,11)36-23-22-20(17-34-39(37-22,28(4,5)6)29(7,8)9)35-26(23)32-16-19-14-12-13-15-33-25-21(19)24(32)30-18-31-25/h16,18,20,22-23,26H,12-15,17H2,1-11H3/t20-,22-,23-,26-/m1/s1. The van der Waals surface area contributed by atoms with Gasteiger partial charge in [-0.1, -0.05) is 62.3 Å². The average Bonchev–Trinajstić information content (AvgIpc) is 3.32. The van der Waals surface area contributed by atoms with Crippen LogP contribution in [0.5, 0.6) is 5.88 Å². The molecule has 0 amide bonds. The van der Waals surface area contributed by atoms with Gasteiger partial charge in [-0.3, -0.25) is 0 Å². The molecule has 10 heteroatoms. The van der Waals surface area contributed by atoms with Gasteiger partial charge in [0.15, 0.2) is 14.5 Å². The van der Waals surface area contributed by atoms with E-state index in [2.05, 4.69) is 91.2 Å². The Morgan fingerprint density at radius 2 is 1.69 bits per heavy atom. The highest BCUT2D eigenvalue weighted by Crippen LogP contribution is 2.57. The highest BCUT2D eigenvalue weighted by Gasteiger charge is 2.66. The maximum atomic E-state index is 7.29. The Bertz CT molecular complexity index is 1200. The van der Waals surface area contributed by atoms with Crippen LogP contribution in [0.3, 0.4) is 0 Å². The predicted molar refractivity (Wildman–Crippen MR) is 158 cm³/mol. The zero-order chi connectivity index (χ0) is 28.6. The van der Waals surface area contributed by atoms with Crippen LogP contribution >= 0.6 is 0 Å². The van der Waals surface area contributed by atoms with Crippen LogP contribution in [0.25, 0.3) is 11.0 Å². The average molecular weight is 576 g/mol. The van der Waals surface area contributed by atoms with E-state index in [4.69, 9.17) is 27.7 Å². The molecule has 8 nitrogen and oxygen atoms in total. The van der Waals surface area contributed by atoms with Gasteiger partial charge < -0.3 is 27.3 Å². The van der Waals surface area contributed by atoms with Crippen molar-refractivity contribution in [3.05, 3.63) is 18.1 Å². The topological polar surface area (TPSA) is 76.9 Å². The number of ether oxygens (including phenoxy) is 2. The number of rotatable bonds is 3. The molecule has 3 aliphatic heterocycles. The Kier molecular flexibility index (Phi) is 7.21. The summed E-state index contributed by atoms with van der Waals surface area (Å²) in [6.07, 6.45) is 5.71. The maximum absolute atomic E-state index is 7.29. The molecule has 0 radical (unpaired) electrons. The van der Waals surface area contributed by atoms with Crippen LogP contribution in [-0.4, -0.2) is 62.9 Å². The lowest BCUT2D eigenvalue weighted by atomic mass is 10.1. The minimum Gasteiger partial charge on any atom is -0.477 e. The molecule has 2 aromatic heterocycles. The number of aryl methyl sites for hydroxylation is 1. The van der Waals surface area contributed by atoms with E-state index in [-0.39, 0.29) is 39.7 Å². The van der Waals surface area contributed by atoms with Crippen LogP contribution in [0.1, 0.15) is 86.9 Å². The molecular weight excluding hydrogens is 527 g/mol. The summed E-state index contributed by atoms with van der Waals surface area (Å²) < 4.78 is 36.4. The lowest BCUT2D eigenvalue weighted by molar-refractivity contribution is -0.0794. The molecule has 3 aliphatic rings. The van der Waals surface area contributed by atoms with Gasteiger partial charge in [0.2, 0.25) is 5.88 Å². The van der Waals surface area contributed by atoms with E-state index in [1.165, 1.54) is 5.56 Å². The zero-order valence-corrected chi connectivity index (χ0v) is 27.9. The lowest BCUT2D eigenvalue weighted by Crippen LogP contribution is -2.66. The molecule has 0 aliphatic carbocycles. The Morgan fingerprint density at radius 3 is 2.33 bits per heavy atom. The molecule has 0 unspecified atom stereocenters. The molecule has 0 spiro atoms. The van der Waals surface area contributed by atoms with Gasteiger partial charge in [-0.15, -0.1) is 0 Å². The van der Waals surface area contributed by atoms with Crippen molar-refractivity contribution >= 4 is 27.9 Å². The second-order valence-corrected chi connectivity index (χ2v) is 24.7. The lowest BCUT2D eigenvalue weighted by Gasteiger charge is -2.54. The molecule has 0 N–H and O–H groups in total. The fourth-order valence-corrected chi connectivity index (χ4v) is 12.6. The van der Waals surface area contributed by atoms with Crippen LogP contribution in [0.15, 0.2) is 12.5 Å². The highest BCUT2D eigenvalue weighted by molar-refractivity contribution is 6.74. The second-order valence-electron chi connectivity index (χ2n) is 15.2. The molecular formula is C29H49N3O5Si2. The summed E-state index contributed by atoms with van der Waals surface area (Å²) in [5.74, 6) is 0.664. The summed E-state index contributed by atoms with van der Waals surface area (Å²) in [5.41, 5.74) is 2.04. The van der Waals surface area contributed by atoms with Crippen molar-refractivity contribution in [2.75, 3.05) is 13.2 Å². The summed E-state index contributed by atoms with van der Waals surface area (Å²) in [6.45, 7) is 26.2. The minimum atomic E-state index is -2.73. The van der Waals surface area contributed by atoms with Crippen LogP contribution in [0.4, 0.5) is 0 Å². The largest absolute Gasteiger partial charge is 0.477 e. The molecule has 0 saturated carbocycles. The number of aromatic nitrogens is 3. The minimum absolute atomic E-state index is 0.0369. The molecule has 0 bridgehead atoms. The van der Waals surface area contributed by atoms with Gasteiger partial charge >= 0.3 is 8.56 Å². The van der Waals surface area contributed by atoms with E-state index >= 15 is 0 Å². The molecule has 2 aromatic rings. The molecule has 5 rings (SSSR count). The van der Waals surface area contributed by atoms with Crippen molar-refractivity contribution in [1.82, 2.24) is 14.5 Å². The summed E-state index contributed by atoms with van der Waals surface area (Å²) in [7, 11) is -4.93. The summed E-state index contributed by atoms with van der Waals surface area (Å²) in [5, 5.41) is 0.775. The fourth-order valence-electron chi connectivity index (χ4n) is 6.40. The van der Waals surface area contributed by atoms with Crippen molar-refractivity contribution in [2.24, 2.45) is 0 Å². The third-order valence-electron chi connectivity index (χ3n) is 9.26. The van der Waals surface area contributed by atoms with Gasteiger partial charge in [0.1, 0.15) is 30.3 Å². The number of hydrogen-bond donors (Lipinski definition) is 0. The quantitative estimate of drug-likeness (QED) is 0.369. The van der Waals surface area contributed by atoms with Gasteiger partial charge in [0.05, 0.1) is 18.6 Å². The van der Waals surface area contributed by atoms with Crippen molar-refractivity contribution in [3.63, 3.8) is 0 Å². The van der Waals surface area contributed by atoms with Gasteiger partial charge in [0.25, 0.3) is 0 Å². The maximum Gasteiger partial charge on any atom is 0.349 e. The van der Waals surface area contributed by atoms with Crippen molar-refractivity contribution in [2.45, 2.75) is 134 Å². The van der Waals surface area contributed by atoms with E-state index in [9.17, 15) is 0 Å². The van der Waals surface area contributed by atoms with Crippen molar-refractivity contribution < 1.29 is 22.8 Å². The Hall–Kier alpha value is -1.31. The van der Waals surface area contributed by atoms with Crippen LogP contribution < -0.4 is 4.74 Å².